The van der Waals surface area contributed by atoms with Gasteiger partial charge in [0.1, 0.15) is 0 Å². The average molecular weight is 239 g/mol. The number of nitrogens with zero attached hydrogens (tertiary/aromatic N) is 2. The van der Waals surface area contributed by atoms with E-state index in [-0.39, 0.29) is 0 Å². The van der Waals surface area contributed by atoms with Crippen LogP contribution in [0.15, 0.2) is 0 Å². The summed E-state index contributed by atoms with van der Waals surface area (Å²) in [6.07, 6.45) is 4.51. The predicted molar refractivity (Wildman–Crippen MR) is 68.9 cm³/mol. The number of carbonyl (C=O) groups is 1. The van der Waals surface area contributed by atoms with E-state index in [9.17, 15) is 4.79 Å². The Morgan fingerprint density at radius 1 is 1.18 bits per heavy atom. The van der Waals surface area contributed by atoms with Gasteiger partial charge in [0, 0.05) is 32.1 Å². The molecule has 2 aliphatic rings. The molecule has 1 amide bonds. The topological polar surface area (TPSA) is 35.6 Å². The molecule has 2 saturated heterocycles. The van der Waals surface area contributed by atoms with E-state index in [1.165, 1.54) is 12.8 Å². The second-order valence-electron chi connectivity index (χ2n) is 5.25. The Morgan fingerprint density at radius 3 is 2.41 bits per heavy atom. The van der Waals surface area contributed by atoms with Gasteiger partial charge in [-0.2, -0.15) is 0 Å². The van der Waals surface area contributed by atoms with Gasteiger partial charge in [-0.15, -0.1) is 0 Å². The van der Waals surface area contributed by atoms with Gasteiger partial charge in [0.2, 0.25) is 5.91 Å². The summed E-state index contributed by atoms with van der Waals surface area (Å²) in [6.45, 7) is 6.33. The third-order valence-electron chi connectivity index (χ3n) is 4.03. The van der Waals surface area contributed by atoms with Crippen molar-refractivity contribution in [3.63, 3.8) is 0 Å². The zero-order valence-corrected chi connectivity index (χ0v) is 11.0. The Bertz CT molecular complexity index is 243. The molecule has 0 aromatic rings. The summed E-state index contributed by atoms with van der Waals surface area (Å²) in [4.78, 5) is 16.8. The molecule has 0 atom stereocenters. The van der Waals surface area contributed by atoms with E-state index in [0.717, 1.165) is 52.1 Å². The molecule has 0 aromatic carbocycles. The number of likely N-dealkylation sites (N-methyl/N-ethyl adjacent to an activating group) is 1. The number of nitrogens with one attached hydrogen (secondary N) is 1. The maximum Gasteiger partial charge on any atom is 0.225 e. The Balaban J connectivity index is 1.72. The van der Waals surface area contributed by atoms with Gasteiger partial charge in [0.15, 0.2) is 0 Å². The van der Waals surface area contributed by atoms with Gasteiger partial charge in [-0.3, -0.25) is 4.79 Å². The van der Waals surface area contributed by atoms with E-state index >= 15 is 0 Å². The van der Waals surface area contributed by atoms with Crippen LogP contribution in [0.25, 0.3) is 0 Å². The summed E-state index contributed by atoms with van der Waals surface area (Å²) in [5, 5.41) is 3.18. The standard InChI is InChI=1S/C13H25N3O/c1-14-6-11-15-9-4-12(5-10-15)13(17)16-7-2-3-8-16/h12,14H,2-11H2,1H3. The Kier molecular flexibility index (Phi) is 4.80. The summed E-state index contributed by atoms with van der Waals surface area (Å²) < 4.78 is 0. The van der Waals surface area contributed by atoms with E-state index in [4.69, 9.17) is 0 Å². The van der Waals surface area contributed by atoms with Crippen LogP contribution in [0, 0.1) is 5.92 Å². The summed E-state index contributed by atoms with van der Waals surface area (Å²) in [7, 11) is 1.99. The molecule has 1 N–H and O–H groups in total. The molecule has 98 valence electrons. The van der Waals surface area contributed by atoms with Crippen LogP contribution >= 0.6 is 0 Å². The maximum atomic E-state index is 12.2. The van der Waals surface area contributed by atoms with Gasteiger partial charge in [-0.05, 0) is 45.8 Å². The van der Waals surface area contributed by atoms with Gasteiger partial charge in [-0.1, -0.05) is 0 Å². The maximum absolute atomic E-state index is 12.2. The van der Waals surface area contributed by atoms with E-state index in [1.54, 1.807) is 0 Å². The highest BCUT2D eigenvalue weighted by Gasteiger charge is 2.29. The van der Waals surface area contributed by atoms with E-state index in [1.807, 2.05) is 7.05 Å². The number of piperidine rings is 1. The Labute approximate surface area is 104 Å². The molecular formula is C13H25N3O. The van der Waals surface area contributed by atoms with E-state index in [2.05, 4.69) is 15.1 Å². The van der Waals surface area contributed by atoms with Gasteiger partial charge in [0.05, 0.1) is 0 Å². The minimum Gasteiger partial charge on any atom is -0.342 e. The second kappa shape index (κ2) is 6.36. The molecule has 4 nitrogen and oxygen atoms in total. The van der Waals surface area contributed by atoms with E-state index < -0.39 is 0 Å². The molecule has 4 heteroatoms. The first-order valence-electron chi connectivity index (χ1n) is 6.97. The number of amides is 1. The summed E-state index contributed by atoms with van der Waals surface area (Å²) >= 11 is 0. The molecule has 2 fully saturated rings. The highest BCUT2D eigenvalue weighted by molar-refractivity contribution is 5.79. The van der Waals surface area contributed by atoms with Crippen molar-refractivity contribution in [1.29, 1.82) is 0 Å². The zero-order chi connectivity index (χ0) is 12.1. The Morgan fingerprint density at radius 2 is 1.82 bits per heavy atom. The van der Waals surface area contributed by atoms with Crippen molar-refractivity contribution in [3.8, 4) is 0 Å². The van der Waals surface area contributed by atoms with Gasteiger partial charge >= 0.3 is 0 Å². The Hall–Kier alpha value is -0.610. The van der Waals surface area contributed by atoms with Gasteiger partial charge < -0.3 is 15.1 Å². The van der Waals surface area contributed by atoms with Crippen molar-refractivity contribution in [1.82, 2.24) is 15.1 Å². The molecular weight excluding hydrogens is 214 g/mol. The lowest BCUT2D eigenvalue weighted by molar-refractivity contribution is -0.135. The first kappa shape index (κ1) is 12.8. The fraction of sp³-hybridized carbons (Fsp3) is 0.923. The van der Waals surface area contributed by atoms with Crippen LogP contribution in [-0.2, 0) is 4.79 Å². The molecule has 0 radical (unpaired) electrons. The lowest BCUT2D eigenvalue weighted by Crippen LogP contribution is -2.43. The lowest BCUT2D eigenvalue weighted by atomic mass is 9.95. The first-order chi connectivity index (χ1) is 8.31. The number of likely N-dealkylation sites (tertiary alicyclic amines) is 2. The monoisotopic (exact) mass is 239 g/mol. The molecule has 2 heterocycles. The summed E-state index contributed by atoms with van der Waals surface area (Å²) in [6, 6.07) is 0. The third-order valence-corrected chi connectivity index (χ3v) is 4.03. The number of carbonyl (C=O) groups excluding carboxylic acids is 1. The number of hydrogen-bond donors (Lipinski definition) is 1. The third kappa shape index (κ3) is 3.42. The fourth-order valence-electron chi connectivity index (χ4n) is 2.87. The van der Waals surface area contributed by atoms with Crippen LogP contribution in [0.4, 0.5) is 0 Å². The quantitative estimate of drug-likeness (QED) is 0.778. The highest BCUT2D eigenvalue weighted by Crippen LogP contribution is 2.21. The summed E-state index contributed by atoms with van der Waals surface area (Å²) in [5.41, 5.74) is 0. The summed E-state index contributed by atoms with van der Waals surface area (Å²) in [5.74, 6) is 0.731. The van der Waals surface area contributed by atoms with Gasteiger partial charge in [-0.25, -0.2) is 0 Å². The van der Waals surface area contributed by atoms with Crippen molar-refractivity contribution in [2.45, 2.75) is 25.7 Å². The van der Waals surface area contributed by atoms with Crippen molar-refractivity contribution in [3.05, 3.63) is 0 Å². The molecule has 0 unspecified atom stereocenters. The van der Waals surface area contributed by atoms with Crippen LogP contribution in [0.5, 0.6) is 0 Å². The normalized spacial score (nSPS) is 23.2. The molecule has 0 saturated carbocycles. The van der Waals surface area contributed by atoms with Crippen LogP contribution in [-0.4, -0.2) is 62.0 Å². The average Bonchev–Trinajstić information content (AvgIpc) is 2.90. The molecule has 17 heavy (non-hydrogen) atoms. The van der Waals surface area contributed by atoms with Crippen molar-refractivity contribution in [2.75, 3.05) is 46.3 Å². The molecule has 0 bridgehead atoms. The van der Waals surface area contributed by atoms with E-state index in [0.29, 0.717) is 11.8 Å². The smallest absolute Gasteiger partial charge is 0.225 e. The lowest BCUT2D eigenvalue weighted by Gasteiger charge is -2.33. The van der Waals surface area contributed by atoms with Crippen molar-refractivity contribution < 1.29 is 4.79 Å². The van der Waals surface area contributed by atoms with Crippen LogP contribution in [0.2, 0.25) is 0 Å². The number of hydrogen-bond acceptors (Lipinski definition) is 3. The predicted octanol–water partition coefficient (Wildman–Crippen LogP) is 0.540. The molecule has 0 spiro atoms. The second-order valence-corrected chi connectivity index (χ2v) is 5.25. The minimum atomic E-state index is 0.305. The molecule has 2 aliphatic heterocycles. The van der Waals surface area contributed by atoms with Crippen molar-refractivity contribution in [2.24, 2.45) is 5.92 Å². The number of rotatable bonds is 4. The highest BCUT2D eigenvalue weighted by atomic mass is 16.2. The largest absolute Gasteiger partial charge is 0.342 e. The minimum absolute atomic E-state index is 0.305. The van der Waals surface area contributed by atoms with Crippen LogP contribution in [0.1, 0.15) is 25.7 Å². The van der Waals surface area contributed by atoms with Crippen LogP contribution in [0.3, 0.4) is 0 Å². The zero-order valence-electron chi connectivity index (χ0n) is 11.0. The fourth-order valence-corrected chi connectivity index (χ4v) is 2.87. The molecule has 2 rings (SSSR count). The molecule has 0 aliphatic carbocycles. The van der Waals surface area contributed by atoms with Crippen LogP contribution < -0.4 is 5.32 Å². The first-order valence-corrected chi connectivity index (χ1v) is 6.97. The SMILES string of the molecule is CNCCN1CCC(C(=O)N2CCCC2)CC1. The molecule has 0 aromatic heterocycles. The van der Waals surface area contributed by atoms with Crippen molar-refractivity contribution >= 4 is 5.91 Å². The van der Waals surface area contributed by atoms with Gasteiger partial charge in [0.25, 0.3) is 0 Å².